The SMILES string of the molecule is O=C(Cn1c(=O)c(=O)n(Cc2ccc(Cl)cc2)c2ccccc21)NCCc1cnc[nH]1. The van der Waals surface area contributed by atoms with Gasteiger partial charge < -0.3 is 10.3 Å². The Morgan fingerprint density at radius 2 is 1.68 bits per heavy atom. The number of imidazole rings is 1. The van der Waals surface area contributed by atoms with E-state index in [1.54, 1.807) is 48.9 Å². The van der Waals surface area contributed by atoms with Crippen molar-refractivity contribution in [2.24, 2.45) is 0 Å². The molecule has 2 heterocycles. The minimum absolute atomic E-state index is 0.225. The molecule has 2 aromatic heterocycles. The number of rotatable bonds is 7. The number of benzene rings is 2. The topological polar surface area (TPSA) is 102 Å². The number of para-hydroxylation sites is 2. The third-order valence-electron chi connectivity index (χ3n) is 4.96. The standard InChI is InChI=1S/C22H20ClN5O3/c23-16-7-5-15(6-8-16)12-27-18-3-1-2-4-19(18)28(22(31)21(27)30)13-20(29)25-10-9-17-11-24-14-26-17/h1-8,11,14H,9-10,12-13H2,(H,24,26)(H,25,29). The largest absolute Gasteiger partial charge is 0.354 e. The van der Waals surface area contributed by atoms with Crippen LogP contribution in [0.3, 0.4) is 0 Å². The zero-order valence-corrected chi connectivity index (χ0v) is 17.3. The lowest BCUT2D eigenvalue weighted by Gasteiger charge is -2.15. The Morgan fingerprint density at radius 1 is 1.00 bits per heavy atom. The fourth-order valence-corrected chi connectivity index (χ4v) is 3.54. The number of aromatic amines is 1. The molecule has 8 nitrogen and oxygen atoms in total. The lowest BCUT2D eigenvalue weighted by atomic mass is 10.2. The summed E-state index contributed by atoms with van der Waals surface area (Å²) in [6.45, 7) is 0.379. The highest BCUT2D eigenvalue weighted by Crippen LogP contribution is 2.14. The fraction of sp³-hybridized carbons (Fsp3) is 0.182. The number of carbonyl (C=O) groups excluding carboxylic acids is 1. The zero-order valence-electron chi connectivity index (χ0n) is 16.5. The van der Waals surface area contributed by atoms with Crippen LogP contribution in [0.25, 0.3) is 11.0 Å². The van der Waals surface area contributed by atoms with Gasteiger partial charge in [0.05, 0.1) is 23.9 Å². The third kappa shape index (κ3) is 4.59. The van der Waals surface area contributed by atoms with Crippen molar-refractivity contribution in [3.63, 3.8) is 0 Å². The van der Waals surface area contributed by atoms with Crippen LogP contribution in [0.1, 0.15) is 11.3 Å². The number of halogens is 1. The third-order valence-corrected chi connectivity index (χ3v) is 5.22. The molecule has 1 amide bonds. The second kappa shape index (κ2) is 9.01. The first kappa shape index (κ1) is 20.6. The molecule has 0 aliphatic rings. The van der Waals surface area contributed by atoms with E-state index in [0.29, 0.717) is 29.0 Å². The molecule has 0 atom stereocenters. The summed E-state index contributed by atoms with van der Waals surface area (Å²) in [5, 5.41) is 3.37. The maximum atomic E-state index is 12.9. The van der Waals surface area contributed by atoms with Gasteiger partial charge in [0.1, 0.15) is 6.54 Å². The van der Waals surface area contributed by atoms with Gasteiger partial charge in [-0.1, -0.05) is 35.9 Å². The van der Waals surface area contributed by atoms with Crippen molar-refractivity contribution in [1.82, 2.24) is 24.4 Å². The number of amides is 1. The molecule has 158 valence electrons. The predicted octanol–water partition coefficient (Wildman–Crippen LogP) is 1.95. The number of H-pyrrole nitrogens is 1. The molecule has 0 spiro atoms. The number of nitrogens with one attached hydrogen (secondary N) is 2. The van der Waals surface area contributed by atoms with Crippen LogP contribution in [0, 0.1) is 0 Å². The molecule has 0 aliphatic carbocycles. The van der Waals surface area contributed by atoms with E-state index in [1.807, 2.05) is 12.1 Å². The van der Waals surface area contributed by atoms with Gasteiger partial charge in [0.2, 0.25) is 5.91 Å². The van der Waals surface area contributed by atoms with E-state index in [0.717, 1.165) is 11.3 Å². The van der Waals surface area contributed by atoms with E-state index >= 15 is 0 Å². The first-order valence-electron chi connectivity index (χ1n) is 9.73. The summed E-state index contributed by atoms with van der Waals surface area (Å²) in [4.78, 5) is 45.1. The van der Waals surface area contributed by atoms with Crippen LogP contribution in [-0.2, 0) is 24.3 Å². The molecule has 0 bridgehead atoms. The van der Waals surface area contributed by atoms with Gasteiger partial charge in [0, 0.05) is 29.9 Å². The molecule has 0 saturated carbocycles. The molecule has 0 unspecified atom stereocenters. The van der Waals surface area contributed by atoms with Crippen molar-refractivity contribution in [1.29, 1.82) is 0 Å². The molecule has 4 rings (SSSR count). The lowest BCUT2D eigenvalue weighted by molar-refractivity contribution is -0.121. The fourth-order valence-electron chi connectivity index (χ4n) is 3.41. The van der Waals surface area contributed by atoms with Gasteiger partial charge in [-0.05, 0) is 29.8 Å². The van der Waals surface area contributed by atoms with Crippen molar-refractivity contribution in [2.45, 2.75) is 19.5 Å². The highest BCUT2D eigenvalue weighted by atomic mass is 35.5. The van der Waals surface area contributed by atoms with Crippen LogP contribution in [0.15, 0.2) is 70.6 Å². The van der Waals surface area contributed by atoms with E-state index in [4.69, 9.17) is 11.6 Å². The lowest BCUT2D eigenvalue weighted by Crippen LogP contribution is -2.44. The van der Waals surface area contributed by atoms with E-state index in [2.05, 4.69) is 15.3 Å². The zero-order chi connectivity index (χ0) is 21.8. The molecule has 9 heteroatoms. The van der Waals surface area contributed by atoms with Crippen LogP contribution in [-0.4, -0.2) is 31.6 Å². The quantitative estimate of drug-likeness (QED) is 0.431. The van der Waals surface area contributed by atoms with E-state index in [1.165, 1.54) is 9.13 Å². The monoisotopic (exact) mass is 437 g/mol. The molecule has 2 aromatic carbocycles. The van der Waals surface area contributed by atoms with Crippen LogP contribution >= 0.6 is 11.6 Å². The molecular formula is C22H20ClN5O3. The summed E-state index contributed by atoms with van der Waals surface area (Å²) < 4.78 is 2.65. The van der Waals surface area contributed by atoms with Crippen molar-refractivity contribution >= 4 is 28.5 Å². The molecule has 0 fully saturated rings. The van der Waals surface area contributed by atoms with Crippen molar-refractivity contribution < 1.29 is 4.79 Å². The van der Waals surface area contributed by atoms with Gasteiger partial charge in [0.25, 0.3) is 0 Å². The van der Waals surface area contributed by atoms with Crippen molar-refractivity contribution in [3.8, 4) is 0 Å². The van der Waals surface area contributed by atoms with Crippen LogP contribution < -0.4 is 16.4 Å². The highest BCUT2D eigenvalue weighted by Gasteiger charge is 2.15. The first-order valence-corrected chi connectivity index (χ1v) is 10.1. The Morgan fingerprint density at radius 3 is 2.35 bits per heavy atom. The molecule has 0 saturated heterocycles. The number of hydrogen-bond acceptors (Lipinski definition) is 4. The Labute approximate surface area is 182 Å². The van der Waals surface area contributed by atoms with E-state index in [-0.39, 0.29) is 19.0 Å². The minimum atomic E-state index is -0.739. The van der Waals surface area contributed by atoms with Gasteiger partial charge in [-0.15, -0.1) is 0 Å². The maximum absolute atomic E-state index is 12.9. The Hall–Kier alpha value is -3.65. The number of carbonyl (C=O) groups is 1. The summed E-state index contributed by atoms with van der Waals surface area (Å²) >= 11 is 5.94. The molecule has 0 aliphatic heterocycles. The van der Waals surface area contributed by atoms with Crippen LogP contribution in [0.4, 0.5) is 0 Å². The Balaban J connectivity index is 1.61. The predicted molar refractivity (Wildman–Crippen MR) is 118 cm³/mol. The number of hydrogen-bond donors (Lipinski definition) is 2. The minimum Gasteiger partial charge on any atom is -0.354 e. The average Bonchev–Trinajstić information content (AvgIpc) is 3.29. The Bertz CT molecular complexity index is 1320. The van der Waals surface area contributed by atoms with E-state index < -0.39 is 11.1 Å². The molecule has 31 heavy (non-hydrogen) atoms. The normalized spacial score (nSPS) is 11.0. The van der Waals surface area contributed by atoms with Crippen molar-refractivity contribution in [2.75, 3.05) is 6.54 Å². The summed E-state index contributed by atoms with van der Waals surface area (Å²) in [6.07, 6.45) is 3.84. The van der Waals surface area contributed by atoms with Crippen LogP contribution in [0.2, 0.25) is 5.02 Å². The summed E-state index contributed by atoms with van der Waals surface area (Å²) in [6, 6.07) is 14.1. The molecule has 2 N–H and O–H groups in total. The summed E-state index contributed by atoms with van der Waals surface area (Å²) in [7, 11) is 0. The first-order chi connectivity index (χ1) is 15.0. The molecular weight excluding hydrogens is 418 g/mol. The second-order valence-corrected chi connectivity index (χ2v) is 7.51. The second-order valence-electron chi connectivity index (χ2n) is 7.07. The van der Waals surface area contributed by atoms with Gasteiger partial charge in [0.15, 0.2) is 0 Å². The summed E-state index contributed by atoms with van der Waals surface area (Å²) in [5.74, 6) is -0.346. The number of aromatic nitrogens is 4. The average molecular weight is 438 g/mol. The maximum Gasteiger partial charge on any atom is 0.317 e. The van der Waals surface area contributed by atoms with Gasteiger partial charge in [-0.3, -0.25) is 23.5 Å². The smallest absolute Gasteiger partial charge is 0.317 e. The van der Waals surface area contributed by atoms with E-state index in [9.17, 15) is 14.4 Å². The Kier molecular flexibility index (Phi) is 5.99. The van der Waals surface area contributed by atoms with Gasteiger partial charge >= 0.3 is 11.1 Å². The van der Waals surface area contributed by atoms with Gasteiger partial charge in [-0.25, -0.2) is 4.98 Å². The highest BCUT2D eigenvalue weighted by molar-refractivity contribution is 6.30. The van der Waals surface area contributed by atoms with Gasteiger partial charge in [-0.2, -0.15) is 0 Å². The molecule has 4 aromatic rings. The molecule has 0 radical (unpaired) electrons. The number of nitrogens with zero attached hydrogens (tertiary/aromatic N) is 3. The number of fused-ring (bicyclic) bond motifs is 1. The van der Waals surface area contributed by atoms with Crippen molar-refractivity contribution in [3.05, 3.63) is 98.0 Å². The van der Waals surface area contributed by atoms with Crippen LogP contribution in [0.5, 0.6) is 0 Å². The summed E-state index contributed by atoms with van der Waals surface area (Å²) in [5.41, 5.74) is 1.41.